The molecule has 2 N–H and O–H groups in total. The number of rotatable bonds is 8. The Morgan fingerprint density at radius 1 is 1.00 bits per heavy atom. The van der Waals surface area contributed by atoms with E-state index in [1.807, 2.05) is 62.4 Å². The third-order valence-electron chi connectivity index (χ3n) is 6.33. The molecule has 33 heavy (non-hydrogen) atoms. The van der Waals surface area contributed by atoms with Gasteiger partial charge in [-0.15, -0.1) is 0 Å². The molecule has 1 atom stereocenters. The van der Waals surface area contributed by atoms with Crippen molar-refractivity contribution in [2.24, 2.45) is 5.92 Å². The van der Waals surface area contributed by atoms with Crippen LogP contribution in [-0.2, 0) is 19.7 Å². The van der Waals surface area contributed by atoms with Crippen LogP contribution in [-0.4, -0.2) is 38.4 Å². The van der Waals surface area contributed by atoms with E-state index in [2.05, 4.69) is 10.6 Å². The van der Waals surface area contributed by atoms with Crippen molar-refractivity contribution < 1.29 is 23.8 Å². The van der Waals surface area contributed by atoms with Crippen LogP contribution in [0.3, 0.4) is 0 Å². The minimum atomic E-state index is -0.744. The van der Waals surface area contributed by atoms with Crippen molar-refractivity contribution >= 4 is 11.8 Å². The monoisotopic (exact) mass is 452 g/mol. The summed E-state index contributed by atoms with van der Waals surface area (Å²) in [4.78, 5) is 25.9. The van der Waals surface area contributed by atoms with Gasteiger partial charge in [-0.05, 0) is 42.0 Å². The zero-order valence-corrected chi connectivity index (χ0v) is 19.3. The van der Waals surface area contributed by atoms with Crippen LogP contribution in [0.1, 0.15) is 50.3 Å². The maximum atomic E-state index is 13.4. The van der Waals surface area contributed by atoms with Gasteiger partial charge in [0.25, 0.3) is 0 Å². The molecule has 1 unspecified atom stereocenters. The lowest BCUT2D eigenvalue weighted by Gasteiger charge is -2.38. The first-order valence-corrected chi connectivity index (χ1v) is 11.6. The number of fused-ring (bicyclic) bond motifs is 1. The van der Waals surface area contributed by atoms with E-state index in [0.29, 0.717) is 26.2 Å². The van der Waals surface area contributed by atoms with Crippen molar-refractivity contribution in [1.82, 2.24) is 10.6 Å². The Kier molecular flexibility index (Phi) is 7.18. The summed E-state index contributed by atoms with van der Waals surface area (Å²) in [6.07, 6.45) is 1.93. The Hall–Kier alpha value is -3.06. The predicted molar refractivity (Wildman–Crippen MR) is 124 cm³/mol. The fourth-order valence-corrected chi connectivity index (χ4v) is 4.45. The number of amides is 2. The maximum Gasteiger partial charge on any atom is 0.247 e. The largest absolute Gasteiger partial charge is 0.454 e. The molecule has 0 saturated carbocycles. The maximum absolute atomic E-state index is 13.4. The Morgan fingerprint density at radius 3 is 2.45 bits per heavy atom. The number of hydrogen-bond acceptors (Lipinski definition) is 5. The van der Waals surface area contributed by atoms with Crippen LogP contribution in [0.2, 0.25) is 0 Å². The molecule has 176 valence electrons. The topological polar surface area (TPSA) is 85.9 Å². The second-order valence-electron chi connectivity index (χ2n) is 9.19. The van der Waals surface area contributed by atoms with Gasteiger partial charge in [0.1, 0.15) is 6.04 Å². The average Bonchev–Trinajstić information content (AvgIpc) is 3.30. The van der Waals surface area contributed by atoms with Crippen LogP contribution < -0.4 is 20.1 Å². The van der Waals surface area contributed by atoms with Crippen LogP contribution in [0.15, 0.2) is 48.5 Å². The van der Waals surface area contributed by atoms with Gasteiger partial charge in [0.05, 0.1) is 0 Å². The summed E-state index contributed by atoms with van der Waals surface area (Å²) in [6.45, 7) is 5.88. The van der Waals surface area contributed by atoms with Crippen LogP contribution >= 0.6 is 0 Å². The van der Waals surface area contributed by atoms with Crippen LogP contribution in [0.5, 0.6) is 11.5 Å². The predicted octanol–water partition coefficient (Wildman–Crippen LogP) is 3.48. The number of nitrogens with one attached hydrogen (secondary N) is 2. The van der Waals surface area contributed by atoms with Gasteiger partial charge in [-0.2, -0.15) is 0 Å². The zero-order valence-electron chi connectivity index (χ0n) is 19.3. The normalized spacial score (nSPS) is 17.4. The van der Waals surface area contributed by atoms with E-state index in [1.54, 1.807) is 0 Å². The Labute approximate surface area is 194 Å². The lowest BCUT2D eigenvalue weighted by atomic mass is 9.74. The first-order valence-electron chi connectivity index (χ1n) is 11.6. The number of hydrogen-bond donors (Lipinski definition) is 2. The number of carbonyl (C=O) groups excluding carboxylic acids is 2. The van der Waals surface area contributed by atoms with Gasteiger partial charge in [0.15, 0.2) is 11.5 Å². The van der Waals surface area contributed by atoms with E-state index in [-0.39, 0.29) is 29.9 Å². The zero-order chi connectivity index (χ0) is 23.3. The summed E-state index contributed by atoms with van der Waals surface area (Å²) in [5.74, 6) is 1.33. The van der Waals surface area contributed by atoms with E-state index < -0.39 is 6.04 Å². The van der Waals surface area contributed by atoms with Crippen molar-refractivity contribution in [1.29, 1.82) is 0 Å². The minimum absolute atomic E-state index is 0.134. The second-order valence-corrected chi connectivity index (χ2v) is 9.19. The smallest absolute Gasteiger partial charge is 0.247 e. The van der Waals surface area contributed by atoms with E-state index in [1.165, 1.54) is 0 Å². The van der Waals surface area contributed by atoms with Crippen molar-refractivity contribution in [3.05, 3.63) is 59.7 Å². The number of ether oxygens (including phenoxy) is 3. The molecule has 2 heterocycles. The molecule has 1 fully saturated rings. The fraction of sp³-hybridized carbons (Fsp3) is 0.462. The summed E-state index contributed by atoms with van der Waals surface area (Å²) < 4.78 is 16.7. The molecule has 0 spiro atoms. The summed E-state index contributed by atoms with van der Waals surface area (Å²) in [6, 6.07) is 14.6. The van der Waals surface area contributed by atoms with Crippen molar-refractivity contribution in [2.45, 2.75) is 44.6 Å². The number of carbonyl (C=O) groups is 2. The molecule has 7 nitrogen and oxygen atoms in total. The summed E-state index contributed by atoms with van der Waals surface area (Å²) in [7, 11) is 0. The SMILES string of the molecule is CC(C)CC(=O)NC(C(=O)NCC1(c2ccc3c(c2)OCO3)CCOCC1)c1ccccc1. The first-order chi connectivity index (χ1) is 16.0. The summed E-state index contributed by atoms with van der Waals surface area (Å²) >= 11 is 0. The molecule has 2 aromatic carbocycles. The molecule has 1 saturated heterocycles. The van der Waals surface area contributed by atoms with Gasteiger partial charge >= 0.3 is 0 Å². The van der Waals surface area contributed by atoms with Crippen LogP contribution in [0.4, 0.5) is 0 Å². The van der Waals surface area contributed by atoms with Crippen LogP contribution in [0.25, 0.3) is 0 Å². The highest BCUT2D eigenvalue weighted by Gasteiger charge is 2.37. The molecule has 7 heteroatoms. The summed E-state index contributed by atoms with van der Waals surface area (Å²) in [5, 5.41) is 6.06. The summed E-state index contributed by atoms with van der Waals surface area (Å²) in [5.41, 5.74) is 1.57. The van der Waals surface area contributed by atoms with E-state index in [0.717, 1.165) is 35.5 Å². The van der Waals surface area contributed by atoms with Gasteiger partial charge in [-0.1, -0.05) is 50.2 Å². The van der Waals surface area contributed by atoms with Crippen molar-refractivity contribution in [3.63, 3.8) is 0 Å². The molecule has 0 aliphatic carbocycles. The molecule has 0 bridgehead atoms. The molecule has 0 aromatic heterocycles. The van der Waals surface area contributed by atoms with Crippen LogP contribution in [0, 0.1) is 5.92 Å². The second kappa shape index (κ2) is 10.3. The van der Waals surface area contributed by atoms with E-state index in [9.17, 15) is 9.59 Å². The molecular weight excluding hydrogens is 420 g/mol. The molecular formula is C26H32N2O5. The third-order valence-corrected chi connectivity index (χ3v) is 6.33. The van der Waals surface area contributed by atoms with Gasteiger partial charge in [-0.3, -0.25) is 9.59 Å². The molecule has 2 aliphatic rings. The molecule has 2 amide bonds. The highest BCUT2D eigenvalue weighted by molar-refractivity contribution is 5.88. The lowest BCUT2D eigenvalue weighted by molar-refractivity contribution is -0.129. The molecule has 2 aromatic rings. The quantitative estimate of drug-likeness (QED) is 0.641. The fourth-order valence-electron chi connectivity index (χ4n) is 4.45. The van der Waals surface area contributed by atoms with E-state index >= 15 is 0 Å². The molecule has 4 rings (SSSR count). The van der Waals surface area contributed by atoms with Gasteiger partial charge in [0.2, 0.25) is 18.6 Å². The Bertz CT molecular complexity index is 970. The lowest BCUT2D eigenvalue weighted by Crippen LogP contribution is -2.48. The average molecular weight is 453 g/mol. The van der Waals surface area contributed by atoms with Crippen molar-refractivity contribution in [3.8, 4) is 11.5 Å². The number of benzene rings is 2. The Balaban J connectivity index is 1.53. The molecule has 0 radical (unpaired) electrons. The first kappa shape index (κ1) is 23.1. The highest BCUT2D eigenvalue weighted by atomic mass is 16.7. The minimum Gasteiger partial charge on any atom is -0.454 e. The Morgan fingerprint density at radius 2 is 1.73 bits per heavy atom. The van der Waals surface area contributed by atoms with Gasteiger partial charge in [-0.25, -0.2) is 0 Å². The highest BCUT2D eigenvalue weighted by Crippen LogP contribution is 2.40. The van der Waals surface area contributed by atoms with Gasteiger partial charge < -0.3 is 24.8 Å². The van der Waals surface area contributed by atoms with Gasteiger partial charge in [0, 0.05) is 31.6 Å². The third kappa shape index (κ3) is 5.47. The molecule has 2 aliphatic heterocycles. The standard InChI is InChI=1S/C26H32N2O5/c1-18(2)14-23(29)28-24(19-6-4-3-5-7-19)25(30)27-16-26(10-12-31-13-11-26)20-8-9-21-22(15-20)33-17-32-21/h3-9,15,18,24H,10-14,16-17H2,1-2H3,(H,27,30)(H,28,29). The van der Waals surface area contributed by atoms with E-state index in [4.69, 9.17) is 14.2 Å². The van der Waals surface area contributed by atoms with Crippen molar-refractivity contribution in [2.75, 3.05) is 26.6 Å².